The first kappa shape index (κ1) is 17.7. The number of benzene rings is 1. The molecule has 1 rings (SSSR count). The third-order valence-corrected chi connectivity index (χ3v) is 6.75. The molecule has 1 aromatic carbocycles. The molecule has 0 aromatic heterocycles. The third kappa shape index (κ3) is 5.16. The Morgan fingerprint density at radius 1 is 1.32 bits per heavy atom. The molecule has 0 unspecified atom stereocenters. The maximum atomic E-state index is 12.0. The fourth-order valence-electron chi connectivity index (χ4n) is 1.22. The van der Waals surface area contributed by atoms with Crippen LogP contribution in [0.25, 0.3) is 0 Å². The minimum atomic E-state index is -4.28. The number of hydrogen-bond donors (Lipinski definition) is 1. The predicted octanol–water partition coefficient (Wildman–Crippen LogP) is 3.45. The van der Waals surface area contributed by atoms with Crippen LogP contribution in [0.15, 0.2) is 26.0 Å². The molecule has 0 aliphatic rings. The summed E-state index contributed by atoms with van der Waals surface area (Å²) >= 11 is 5.47. The molecule has 19 heavy (non-hydrogen) atoms. The van der Waals surface area contributed by atoms with Crippen LogP contribution in [0.3, 0.4) is 0 Å². The van der Waals surface area contributed by atoms with E-state index >= 15 is 0 Å². The van der Waals surface area contributed by atoms with Crippen molar-refractivity contribution in [3.05, 3.63) is 21.1 Å². The molecule has 0 heterocycles. The van der Waals surface area contributed by atoms with Crippen molar-refractivity contribution in [3.63, 3.8) is 0 Å². The molecular formula is C10H12Br2NO4STe. The first-order chi connectivity index (χ1) is 8.77. The van der Waals surface area contributed by atoms with Gasteiger partial charge in [0.1, 0.15) is 0 Å². The molecule has 0 saturated heterocycles. The van der Waals surface area contributed by atoms with Crippen LogP contribution >= 0.6 is 31.9 Å². The zero-order valence-electron chi connectivity index (χ0n) is 9.97. The van der Waals surface area contributed by atoms with Gasteiger partial charge in [0.05, 0.1) is 0 Å². The summed E-state index contributed by atoms with van der Waals surface area (Å²) in [4.78, 5) is -0.252. The Balaban J connectivity index is 3.03. The van der Waals surface area contributed by atoms with E-state index in [4.69, 9.17) is 4.55 Å². The molecule has 0 aliphatic heterocycles. The number of nitrogens with zero attached hydrogens (tertiary/aromatic N) is 1. The average Bonchev–Trinajstić information content (AvgIpc) is 2.27. The van der Waals surface area contributed by atoms with Crippen molar-refractivity contribution in [2.45, 2.75) is 29.1 Å². The van der Waals surface area contributed by atoms with Crippen molar-refractivity contribution < 1.29 is 18.2 Å². The SMILES string of the molecule is CCCC[Te]N([O])c1c(Br)cc(S(=O)(=O)O)cc1Br. The second-order valence-electron chi connectivity index (χ2n) is 3.65. The molecule has 107 valence electrons. The standard InChI is InChI=1S/C10H12Br2NO4STe/c1-2-3-4-19-13(14)10-8(11)5-7(6-9(10)12)18(15,16)17/h5-6H,2-4H2,1H3,(H,15,16,17). The average molecular weight is 530 g/mol. The van der Waals surface area contributed by atoms with Crippen molar-refractivity contribution in [3.8, 4) is 0 Å². The van der Waals surface area contributed by atoms with Crippen LogP contribution in [0, 0.1) is 0 Å². The number of rotatable bonds is 6. The normalized spacial score (nSPS) is 11.6. The Morgan fingerprint density at radius 3 is 2.26 bits per heavy atom. The minimum absolute atomic E-state index is 0.252. The Hall–Kier alpha value is 0.640. The molecule has 9 heteroatoms. The van der Waals surface area contributed by atoms with Gasteiger partial charge in [-0.05, 0) is 0 Å². The summed E-state index contributed by atoms with van der Waals surface area (Å²) in [5.74, 6) is 0. The van der Waals surface area contributed by atoms with Crippen molar-refractivity contribution in [1.29, 1.82) is 0 Å². The van der Waals surface area contributed by atoms with Crippen LogP contribution in [0.4, 0.5) is 5.69 Å². The summed E-state index contributed by atoms with van der Waals surface area (Å²) in [5, 5.41) is 12.0. The summed E-state index contributed by atoms with van der Waals surface area (Å²) in [6, 6.07) is 2.46. The van der Waals surface area contributed by atoms with E-state index in [9.17, 15) is 13.6 Å². The topological polar surface area (TPSA) is 77.5 Å². The van der Waals surface area contributed by atoms with Crippen molar-refractivity contribution in [2.75, 3.05) is 3.31 Å². The predicted molar refractivity (Wildman–Crippen MR) is 80.3 cm³/mol. The van der Waals surface area contributed by atoms with Gasteiger partial charge < -0.3 is 0 Å². The number of hydrogen-bond acceptors (Lipinski definition) is 3. The van der Waals surface area contributed by atoms with Gasteiger partial charge in [0.2, 0.25) is 0 Å². The van der Waals surface area contributed by atoms with Crippen LogP contribution in [0.5, 0.6) is 0 Å². The van der Waals surface area contributed by atoms with Crippen molar-refractivity contribution in [2.24, 2.45) is 0 Å². The van der Waals surface area contributed by atoms with Crippen LogP contribution in [-0.2, 0) is 15.3 Å². The number of anilines is 1. The molecule has 1 radical (unpaired) electrons. The van der Waals surface area contributed by atoms with E-state index in [0.717, 1.165) is 20.6 Å². The summed E-state index contributed by atoms with van der Waals surface area (Å²) in [7, 11) is -4.28. The van der Waals surface area contributed by atoms with E-state index in [1.807, 2.05) is 0 Å². The zero-order chi connectivity index (χ0) is 14.6. The molecule has 1 aromatic rings. The molecule has 0 aliphatic carbocycles. The molecule has 0 spiro atoms. The zero-order valence-corrected chi connectivity index (χ0v) is 16.3. The van der Waals surface area contributed by atoms with Gasteiger partial charge in [-0.25, -0.2) is 0 Å². The summed E-state index contributed by atoms with van der Waals surface area (Å²) < 4.78 is 33.6. The van der Waals surface area contributed by atoms with Gasteiger partial charge in [0.25, 0.3) is 0 Å². The van der Waals surface area contributed by atoms with Gasteiger partial charge in [-0.1, -0.05) is 0 Å². The second-order valence-corrected chi connectivity index (χ2v) is 9.63. The maximum absolute atomic E-state index is 12.0. The van der Waals surface area contributed by atoms with Gasteiger partial charge in [0.15, 0.2) is 0 Å². The first-order valence-corrected chi connectivity index (χ1v) is 11.1. The van der Waals surface area contributed by atoms with Gasteiger partial charge >= 0.3 is 141 Å². The van der Waals surface area contributed by atoms with Crippen LogP contribution in [0.2, 0.25) is 4.47 Å². The first-order valence-electron chi connectivity index (χ1n) is 5.34. The Morgan fingerprint density at radius 2 is 1.84 bits per heavy atom. The molecule has 0 amide bonds. The Labute approximate surface area is 139 Å². The monoisotopic (exact) mass is 530 g/mol. The fourth-order valence-corrected chi connectivity index (χ4v) is 6.89. The van der Waals surface area contributed by atoms with E-state index < -0.39 is 31.3 Å². The molecule has 1 N–H and O–H groups in total. The number of unbranched alkanes of at least 4 members (excludes halogenated alkanes) is 1. The molecule has 0 bridgehead atoms. The quantitative estimate of drug-likeness (QED) is 0.265. The van der Waals surface area contributed by atoms with Gasteiger partial charge in [-0.15, -0.1) is 0 Å². The second kappa shape index (κ2) is 7.59. The van der Waals surface area contributed by atoms with Crippen molar-refractivity contribution >= 4 is 68.9 Å². The van der Waals surface area contributed by atoms with Gasteiger partial charge in [0, 0.05) is 0 Å². The molecule has 5 nitrogen and oxygen atoms in total. The van der Waals surface area contributed by atoms with E-state index in [0.29, 0.717) is 14.6 Å². The van der Waals surface area contributed by atoms with Crippen molar-refractivity contribution in [1.82, 2.24) is 0 Å². The summed E-state index contributed by atoms with van der Waals surface area (Å²) in [6.07, 6.45) is 2.06. The molecule has 0 saturated carbocycles. The van der Waals surface area contributed by atoms with E-state index in [2.05, 4.69) is 38.8 Å². The Bertz CT molecular complexity index is 529. The fraction of sp³-hybridized carbons (Fsp3) is 0.400. The summed E-state index contributed by atoms with van der Waals surface area (Å²) in [6.45, 7) is 2.06. The van der Waals surface area contributed by atoms with Crippen LogP contribution in [-0.4, -0.2) is 34.2 Å². The van der Waals surface area contributed by atoms with Crippen LogP contribution in [0.1, 0.15) is 19.8 Å². The van der Waals surface area contributed by atoms with Gasteiger partial charge in [-0.2, -0.15) is 0 Å². The Kier molecular flexibility index (Phi) is 7.07. The molecule has 0 fully saturated rings. The van der Waals surface area contributed by atoms with Gasteiger partial charge in [-0.3, -0.25) is 0 Å². The van der Waals surface area contributed by atoms with Crippen LogP contribution < -0.4 is 3.31 Å². The molecule has 0 atom stereocenters. The summed E-state index contributed by atoms with van der Waals surface area (Å²) in [5.41, 5.74) is 0.380. The molecular weight excluding hydrogens is 518 g/mol. The third-order valence-electron chi connectivity index (χ3n) is 2.18. The van der Waals surface area contributed by atoms with E-state index in [1.165, 1.54) is 12.1 Å². The number of halogens is 2. The van der Waals surface area contributed by atoms with E-state index in [-0.39, 0.29) is 4.90 Å². The van der Waals surface area contributed by atoms with E-state index in [1.54, 1.807) is 0 Å².